The molecule has 2 aromatic rings. The number of aromatic nitrogens is 2. The maximum atomic E-state index is 5.50. The maximum absolute atomic E-state index is 5.50. The first-order chi connectivity index (χ1) is 8.29. The highest BCUT2D eigenvalue weighted by Crippen LogP contribution is 2.24. The molecule has 0 aliphatic carbocycles. The van der Waals surface area contributed by atoms with Gasteiger partial charge in [-0.2, -0.15) is 4.98 Å². The summed E-state index contributed by atoms with van der Waals surface area (Å²) in [7, 11) is 0. The predicted molar refractivity (Wildman–Crippen MR) is 72.0 cm³/mol. The van der Waals surface area contributed by atoms with Gasteiger partial charge in [-0.25, -0.2) is 0 Å². The van der Waals surface area contributed by atoms with E-state index in [0.29, 0.717) is 17.0 Å². The van der Waals surface area contributed by atoms with Crippen molar-refractivity contribution >= 4 is 23.1 Å². The molecule has 92 valence electrons. The van der Waals surface area contributed by atoms with Gasteiger partial charge in [-0.3, -0.25) is 0 Å². The van der Waals surface area contributed by atoms with Crippen LogP contribution in [0.2, 0.25) is 0 Å². The molecule has 0 radical (unpaired) electrons. The van der Waals surface area contributed by atoms with Gasteiger partial charge in [0.05, 0.1) is 10.6 Å². The number of hydrogen-bond donors (Lipinski definition) is 1. The third kappa shape index (κ3) is 3.55. The standard InChI is InChI=1S/C11H15N3OS2/c1-8(4-5-12)17-7-10-13-11(14-15-10)9-3-2-6-16-9/h2-3,6,8H,4-5,7,12H2,1H3. The largest absolute Gasteiger partial charge is 0.338 e. The fraction of sp³-hybridized carbons (Fsp3) is 0.455. The highest BCUT2D eigenvalue weighted by Gasteiger charge is 2.10. The fourth-order valence-corrected chi connectivity index (χ4v) is 2.85. The Morgan fingerprint density at radius 2 is 2.47 bits per heavy atom. The van der Waals surface area contributed by atoms with Crippen molar-refractivity contribution in [2.75, 3.05) is 6.54 Å². The molecule has 2 rings (SSSR count). The fourth-order valence-electron chi connectivity index (χ4n) is 1.35. The van der Waals surface area contributed by atoms with Gasteiger partial charge in [0.15, 0.2) is 0 Å². The monoisotopic (exact) mass is 269 g/mol. The smallest absolute Gasteiger partial charge is 0.236 e. The summed E-state index contributed by atoms with van der Waals surface area (Å²) in [5.74, 6) is 2.11. The molecule has 0 saturated carbocycles. The molecule has 0 saturated heterocycles. The average Bonchev–Trinajstić information content (AvgIpc) is 2.97. The van der Waals surface area contributed by atoms with Crippen LogP contribution < -0.4 is 5.73 Å². The Morgan fingerprint density at radius 1 is 1.59 bits per heavy atom. The lowest BCUT2D eigenvalue weighted by Crippen LogP contribution is -2.07. The van der Waals surface area contributed by atoms with Crippen molar-refractivity contribution in [3.63, 3.8) is 0 Å². The number of thiophene rings is 1. The summed E-state index contributed by atoms with van der Waals surface area (Å²) in [4.78, 5) is 5.41. The first-order valence-corrected chi connectivity index (χ1v) is 7.40. The maximum Gasteiger partial charge on any atom is 0.236 e. The molecule has 1 atom stereocenters. The second kappa shape index (κ2) is 6.18. The summed E-state index contributed by atoms with van der Waals surface area (Å²) < 4.78 is 5.21. The van der Waals surface area contributed by atoms with E-state index in [1.54, 1.807) is 23.1 Å². The van der Waals surface area contributed by atoms with Crippen LogP contribution in [-0.2, 0) is 5.75 Å². The normalized spacial score (nSPS) is 12.8. The summed E-state index contributed by atoms with van der Waals surface area (Å²) in [6.07, 6.45) is 1.01. The zero-order valence-electron chi connectivity index (χ0n) is 9.63. The van der Waals surface area contributed by atoms with E-state index in [2.05, 4.69) is 17.1 Å². The molecule has 2 N–H and O–H groups in total. The van der Waals surface area contributed by atoms with Crippen LogP contribution in [0.15, 0.2) is 22.0 Å². The summed E-state index contributed by atoms with van der Waals surface area (Å²) >= 11 is 3.41. The van der Waals surface area contributed by atoms with Crippen LogP contribution in [-0.4, -0.2) is 21.9 Å². The van der Waals surface area contributed by atoms with Gasteiger partial charge in [-0.05, 0) is 24.4 Å². The number of rotatable bonds is 6. The molecule has 0 fully saturated rings. The number of nitrogens with zero attached hydrogens (tertiary/aromatic N) is 2. The number of thioether (sulfide) groups is 1. The Bertz CT molecular complexity index is 441. The minimum atomic E-state index is 0.525. The third-order valence-corrected chi connectivity index (χ3v) is 4.36. The van der Waals surface area contributed by atoms with Gasteiger partial charge < -0.3 is 10.3 Å². The van der Waals surface area contributed by atoms with Crippen LogP contribution in [0.25, 0.3) is 10.7 Å². The van der Waals surface area contributed by atoms with Crippen molar-refractivity contribution < 1.29 is 4.52 Å². The van der Waals surface area contributed by atoms with E-state index in [4.69, 9.17) is 10.3 Å². The molecule has 0 spiro atoms. The van der Waals surface area contributed by atoms with Crippen LogP contribution in [0, 0.1) is 0 Å². The van der Waals surface area contributed by atoms with E-state index in [0.717, 1.165) is 23.6 Å². The Balaban J connectivity index is 1.91. The molecule has 0 aliphatic heterocycles. The highest BCUT2D eigenvalue weighted by atomic mass is 32.2. The van der Waals surface area contributed by atoms with Crippen molar-refractivity contribution in [3.05, 3.63) is 23.4 Å². The average molecular weight is 269 g/mol. The van der Waals surface area contributed by atoms with E-state index < -0.39 is 0 Å². The topological polar surface area (TPSA) is 64.9 Å². The lowest BCUT2D eigenvalue weighted by Gasteiger charge is -2.06. The minimum Gasteiger partial charge on any atom is -0.338 e. The molecule has 1 unspecified atom stereocenters. The predicted octanol–water partition coefficient (Wildman–Crippen LogP) is 2.77. The third-order valence-electron chi connectivity index (χ3n) is 2.27. The van der Waals surface area contributed by atoms with Gasteiger partial charge >= 0.3 is 0 Å². The van der Waals surface area contributed by atoms with Gasteiger partial charge in [-0.1, -0.05) is 18.1 Å². The van der Waals surface area contributed by atoms with Crippen molar-refractivity contribution in [2.45, 2.75) is 24.3 Å². The second-order valence-electron chi connectivity index (χ2n) is 3.69. The second-order valence-corrected chi connectivity index (χ2v) is 6.06. The SMILES string of the molecule is CC(CCN)SCc1nc(-c2cccs2)no1. The Hall–Kier alpha value is -0.850. The van der Waals surface area contributed by atoms with E-state index in [1.165, 1.54) is 0 Å². The van der Waals surface area contributed by atoms with Crippen LogP contribution in [0.5, 0.6) is 0 Å². The Labute approximate surface area is 109 Å². The molecule has 0 aliphatic rings. The van der Waals surface area contributed by atoms with Crippen LogP contribution in [0.4, 0.5) is 0 Å². The van der Waals surface area contributed by atoms with E-state index in [9.17, 15) is 0 Å². The summed E-state index contributed by atoms with van der Waals surface area (Å²) in [5, 5.41) is 6.50. The molecule has 0 amide bonds. The minimum absolute atomic E-state index is 0.525. The van der Waals surface area contributed by atoms with Gasteiger partial charge in [0.25, 0.3) is 0 Å². The first-order valence-electron chi connectivity index (χ1n) is 5.47. The number of hydrogen-bond acceptors (Lipinski definition) is 6. The lowest BCUT2D eigenvalue weighted by molar-refractivity contribution is 0.391. The van der Waals surface area contributed by atoms with Gasteiger partial charge in [-0.15, -0.1) is 23.1 Å². The highest BCUT2D eigenvalue weighted by molar-refractivity contribution is 7.99. The molecular weight excluding hydrogens is 254 g/mol. The first kappa shape index (κ1) is 12.6. The van der Waals surface area contributed by atoms with Crippen molar-refractivity contribution in [1.82, 2.24) is 10.1 Å². The Morgan fingerprint density at radius 3 is 3.18 bits per heavy atom. The molecule has 0 bridgehead atoms. The Kier molecular flexibility index (Phi) is 4.58. The molecule has 6 heteroatoms. The van der Waals surface area contributed by atoms with Gasteiger partial charge in [0.1, 0.15) is 0 Å². The van der Waals surface area contributed by atoms with E-state index in [1.807, 2.05) is 17.5 Å². The molecular formula is C11H15N3OS2. The van der Waals surface area contributed by atoms with E-state index in [-0.39, 0.29) is 0 Å². The summed E-state index contributed by atoms with van der Waals surface area (Å²) in [6, 6.07) is 3.97. The zero-order chi connectivity index (χ0) is 12.1. The van der Waals surface area contributed by atoms with Gasteiger partial charge in [0, 0.05) is 5.25 Å². The van der Waals surface area contributed by atoms with Crippen molar-refractivity contribution in [1.29, 1.82) is 0 Å². The molecule has 0 aromatic carbocycles. The molecule has 2 aromatic heterocycles. The van der Waals surface area contributed by atoms with Gasteiger partial charge in [0.2, 0.25) is 11.7 Å². The molecule has 2 heterocycles. The molecule has 17 heavy (non-hydrogen) atoms. The summed E-state index contributed by atoms with van der Waals surface area (Å²) in [5.41, 5.74) is 5.50. The van der Waals surface area contributed by atoms with Crippen LogP contribution in [0.1, 0.15) is 19.2 Å². The van der Waals surface area contributed by atoms with Crippen LogP contribution in [0.3, 0.4) is 0 Å². The van der Waals surface area contributed by atoms with Crippen molar-refractivity contribution in [3.8, 4) is 10.7 Å². The van der Waals surface area contributed by atoms with E-state index >= 15 is 0 Å². The zero-order valence-corrected chi connectivity index (χ0v) is 11.3. The lowest BCUT2D eigenvalue weighted by atomic mass is 10.3. The molecule has 4 nitrogen and oxygen atoms in total. The van der Waals surface area contributed by atoms with Crippen LogP contribution >= 0.6 is 23.1 Å². The van der Waals surface area contributed by atoms with Crippen molar-refractivity contribution in [2.24, 2.45) is 5.73 Å². The quantitative estimate of drug-likeness (QED) is 0.873. The summed E-state index contributed by atoms with van der Waals surface area (Å²) in [6.45, 7) is 2.88. The number of nitrogens with two attached hydrogens (primary N) is 1.